The molecule has 134 valence electrons. The average Bonchev–Trinajstić information content (AvgIpc) is 3.00. The number of aromatic nitrogens is 4. The Morgan fingerprint density at radius 1 is 1.12 bits per heavy atom. The maximum absolute atomic E-state index is 11.7. The molecular formula is C19H22N6O. The van der Waals surface area contributed by atoms with Crippen molar-refractivity contribution in [3.05, 3.63) is 65.0 Å². The van der Waals surface area contributed by atoms with Crippen molar-refractivity contribution >= 4 is 11.7 Å². The molecule has 7 heteroatoms. The van der Waals surface area contributed by atoms with Gasteiger partial charge in [0.2, 0.25) is 0 Å². The van der Waals surface area contributed by atoms with Gasteiger partial charge in [-0.1, -0.05) is 12.1 Å². The van der Waals surface area contributed by atoms with Crippen LogP contribution in [0.2, 0.25) is 0 Å². The van der Waals surface area contributed by atoms with E-state index in [1.165, 1.54) is 0 Å². The molecule has 0 unspecified atom stereocenters. The number of nitrogens with zero attached hydrogens (tertiary/aromatic N) is 4. The van der Waals surface area contributed by atoms with Crippen LogP contribution >= 0.6 is 0 Å². The van der Waals surface area contributed by atoms with Gasteiger partial charge in [0, 0.05) is 24.8 Å². The van der Waals surface area contributed by atoms with Gasteiger partial charge in [0.25, 0.3) is 5.91 Å². The van der Waals surface area contributed by atoms with Crippen molar-refractivity contribution in [2.75, 3.05) is 18.9 Å². The van der Waals surface area contributed by atoms with E-state index in [1.807, 2.05) is 50.2 Å². The van der Waals surface area contributed by atoms with Gasteiger partial charge in [-0.25, -0.2) is 4.68 Å². The fourth-order valence-corrected chi connectivity index (χ4v) is 2.74. The molecule has 0 saturated carbocycles. The fourth-order valence-electron chi connectivity index (χ4n) is 2.74. The highest BCUT2D eigenvalue weighted by molar-refractivity contribution is 5.94. The molecule has 2 aromatic heterocycles. The van der Waals surface area contributed by atoms with E-state index in [4.69, 9.17) is 0 Å². The molecule has 0 radical (unpaired) electrons. The summed E-state index contributed by atoms with van der Waals surface area (Å²) < 4.78 is 1.77. The number of rotatable bonds is 6. The molecule has 0 atom stereocenters. The molecule has 26 heavy (non-hydrogen) atoms. The van der Waals surface area contributed by atoms with Gasteiger partial charge in [0.15, 0.2) is 5.82 Å². The Hall–Kier alpha value is -3.22. The molecule has 1 aromatic carbocycles. The minimum Gasteiger partial charge on any atom is -0.368 e. The first-order valence-corrected chi connectivity index (χ1v) is 8.49. The summed E-state index contributed by atoms with van der Waals surface area (Å²) in [5.74, 6) is 1.32. The highest BCUT2D eigenvalue weighted by Gasteiger charge is 2.06. The zero-order valence-electron chi connectivity index (χ0n) is 15.2. The van der Waals surface area contributed by atoms with Crippen LogP contribution in [-0.2, 0) is 6.42 Å². The van der Waals surface area contributed by atoms with Crippen LogP contribution in [-0.4, -0.2) is 39.5 Å². The van der Waals surface area contributed by atoms with Crippen LogP contribution in [0.1, 0.15) is 27.3 Å². The molecule has 0 spiro atoms. The second kappa shape index (κ2) is 7.77. The number of amides is 1. The van der Waals surface area contributed by atoms with Crippen molar-refractivity contribution in [1.82, 2.24) is 25.3 Å². The van der Waals surface area contributed by atoms with E-state index in [0.717, 1.165) is 23.4 Å². The predicted molar refractivity (Wildman–Crippen MR) is 101 cm³/mol. The van der Waals surface area contributed by atoms with E-state index in [0.29, 0.717) is 23.7 Å². The smallest absolute Gasteiger partial charge is 0.251 e. The van der Waals surface area contributed by atoms with Gasteiger partial charge in [-0.05, 0) is 56.2 Å². The molecule has 0 fully saturated rings. The van der Waals surface area contributed by atoms with Crippen molar-refractivity contribution in [3.63, 3.8) is 0 Å². The summed E-state index contributed by atoms with van der Waals surface area (Å²) in [6, 6.07) is 13.4. The standard InChI is InChI=1S/C19H22N6O/c1-13-11-14(2)25(24-13)18-8-7-17(22-23-18)21-10-9-15-5-4-6-16(12-15)19(26)20-3/h4-8,11-12H,9-10H2,1-3H3,(H,20,26)(H,21,22). The van der Waals surface area contributed by atoms with E-state index < -0.39 is 0 Å². The van der Waals surface area contributed by atoms with Crippen LogP contribution in [0.5, 0.6) is 0 Å². The average molecular weight is 350 g/mol. The van der Waals surface area contributed by atoms with Gasteiger partial charge in [0.05, 0.1) is 5.69 Å². The first-order chi connectivity index (χ1) is 12.6. The van der Waals surface area contributed by atoms with Crippen LogP contribution in [0, 0.1) is 13.8 Å². The van der Waals surface area contributed by atoms with Crippen LogP contribution in [0.25, 0.3) is 5.82 Å². The largest absolute Gasteiger partial charge is 0.368 e. The molecule has 3 rings (SSSR count). The van der Waals surface area contributed by atoms with Gasteiger partial charge in [-0.2, -0.15) is 5.10 Å². The fraction of sp³-hybridized carbons (Fsp3) is 0.263. The topological polar surface area (TPSA) is 84.7 Å². The predicted octanol–water partition coefficient (Wildman–Crippen LogP) is 2.29. The number of anilines is 1. The quantitative estimate of drug-likeness (QED) is 0.712. The molecule has 2 heterocycles. The zero-order chi connectivity index (χ0) is 18.5. The van der Waals surface area contributed by atoms with E-state index in [2.05, 4.69) is 25.9 Å². The number of benzene rings is 1. The lowest BCUT2D eigenvalue weighted by Crippen LogP contribution is -2.18. The van der Waals surface area contributed by atoms with Crippen molar-refractivity contribution in [3.8, 4) is 5.82 Å². The first-order valence-electron chi connectivity index (χ1n) is 8.49. The molecule has 0 aliphatic heterocycles. The highest BCUT2D eigenvalue weighted by Crippen LogP contribution is 2.11. The van der Waals surface area contributed by atoms with Crippen molar-refractivity contribution in [2.45, 2.75) is 20.3 Å². The summed E-state index contributed by atoms with van der Waals surface area (Å²) >= 11 is 0. The molecule has 3 aromatic rings. The van der Waals surface area contributed by atoms with Crippen LogP contribution in [0.15, 0.2) is 42.5 Å². The second-order valence-corrected chi connectivity index (χ2v) is 6.07. The molecule has 7 nitrogen and oxygen atoms in total. The summed E-state index contributed by atoms with van der Waals surface area (Å²) in [7, 11) is 1.63. The van der Waals surface area contributed by atoms with Gasteiger partial charge in [-0.3, -0.25) is 4.79 Å². The van der Waals surface area contributed by atoms with Crippen LogP contribution in [0.4, 0.5) is 5.82 Å². The molecule has 0 aliphatic rings. The molecule has 1 amide bonds. The van der Waals surface area contributed by atoms with Crippen molar-refractivity contribution < 1.29 is 4.79 Å². The Kier molecular flexibility index (Phi) is 5.26. The summed E-state index contributed by atoms with van der Waals surface area (Å²) in [5.41, 5.74) is 3.73. The minimum atomic E-state index is -0.0783. The molecule has 0 aliphatic carbocycles. The Morgan fingerprint density at radius 3 is 2.62 bits per heavy atom. The highest BCUT2D eigenvalue weighted by atomic mass is 16.1. The number of carbonyl (C=O) groups excluding carboxylic acids is 1. The van der Waals surface area contributed by atoms with Crippen LogP contribution < -0.4 is 10.6 Å². The molecule has 0 saturated heterocycles. The van der Waals surface area contributed by atoms with Gasteiger partial charge in [-0.15, -0.1) is 10.2 Å². The third-order valence-electron chi connectivity index (χ3n) is 4.01. The summed E-state index contributed by atoms with van der Waals surface area (Å²) in [6.07, 6.45) is 0.783. The minimum absolute atomic E-state index is 0.0783. The molecule has 0 bridgehead atoms. The number of nitrogens with one attached hydrogen (secondary N) is 2. The lowest BCUT2D eigenvalue weighted by Gasteiger charge is -2.08. The lowest BCUT2D eigenvalue weighted by atomic mass is 10.1. The number of carbonyl (C=O) groups is 1. The van der Waals surface area contributed by atoms with Gasteiger partial charge < -0.3 is 10.6 Å². The van der Waals surface area contributed by atoms with Gasteiger partial charge >= 0.3 is 0 Å². The maximum Gasteiger partial charge on any atom is 0.251 e. The Bertz CT molecular complexity index is 901. The van der Waals surface area contributed by atoms with E-state index in [-0.39, 0.29) is 5.91 Å². The first kappa shape index (κ1) is 17.6. The monoisotopic (exact) mass is 350 g/mol. The Labute approximate surface area is 152 Å². The molecule has 2 N–H and O–H groups in total. The van der Waals surface area contributed by atoms with E-state index in [1.54, 1.807) is 17.8 Å². The van der Waals surface area contributed by atoms with E-state index in [9.17, 15) is 4.79 Å². The lowest BCUT2D eigenvalue weighted by molar-refractivity contribution is 0.0963. The van der Waals surface area contributed by atoms with E-state index >= 15 is 0 Å². The van der Waals surface area contributed by atoms with Crippen molar-refractivity contribution in [1.29, 1.82) is 0 Å². The number of hydrogen-bond acceptors (Lipinski definition) is 5. The Balaban J connectivity index is 1.59. The van der Waals surface area contributed by atoms with Crippen molar-refractivity contribution in [2.24, 2.45) is 0 Å². The van der Waals surface area contributed by atoms with Gasteiger partial charge in [0.1, 0.15) is 5.82 Å². The summed E-state index contributed by atoms with van der Waals surface area (Å²) in [6.45, 7) is 4.64. The number of hydrogen-bond donors (Lipinski definition) is 2. The zero-order valence-corrected chi connectivity index (χ0v) is 15.2. The second-order valence-electron chi connectivity index (χ2n) is 6.07. The normalized spacial score (nSPS) is 10.6. The molecular weight excluding hydrogens is 328 g/mol. The third-order valence-corrected chi connectivity index (χ3v) is 4.01. The summed E-state index contributed by atoms with van der Waals surface area (Å²) in [4.78, 5) is 11.7. The third kappa shape index (κ3) is 4.05. The summed E-state index contributed by atoms with van der Waals surface area (Å²) in [5, 5.41) is 18.7. The van der Waals surface area contributed by atoms with Crippen LogP contribution in [0.3, 0.4) is 0 Å². The Morgan fingerprint density at radius 2 is 1.96 bits per heavy atom. The SMILES string of the molecule is CNC(=O)c1cccc(CCNc2ccc(-n3nc(C)cc3C)nn2)c1. The number of aryl methyl sites for hydroxylation is 2. The maximum atomic E-state index is 11.7.